The van der Waals surface area contributed by atoms with Gasteiger partial charge in [0.2, 0.25) is 5.78 Å². The van der Waals surface area contributed by atoms with Crippen molar-refractivity contribution in [1.29, 1.82) is 0 Å². The molecule has 3 aromatic rings. The second kappa shape index (κ2) is 6.33. The Labute approximate surface area is 156 Å². The molecule has 1 aromatic carbocycles. The summed E-state index contributed by atoms with van der Waals surface area (Å²) in [6.07, 6.45) is 7.36. The van der Waals surface area contributed by atoms with Gasteiger partial charge in [-0.05, 0) is 63.3 Å². The van der Waals surface area contributed by atoms with Crippen LogP contribution >= 0.6 is 0 Å². The van der Waals surface area contributed by atoms with E-state index in [9.17, 15) is 9.18 Å². The molecule has 0 unspecified atom stereocenters. The molecule has 0 spiro atoms. The Bertz CT molecular complexity index is 1020. The number of rotatable bonds is 3. The average molecular weight is 368 g/mol. The van der Waals surface area contributed by atoms with Crippen molar-refractivity contribution in [1.82, 2.24) is 14.4 Å². The van der Waals surface area contributed by atoms with Crippen LogP contribution in [0.4, 0.5) is 14.9 Å². The molecular weight excluding hydrogens is 347 g/mol. The number of anilines is 1. The van der Waals surface area contributed by atoms with Gasteiger partial charge in [-0.2, -0.15) is 0 Å². The Hall–Kier alpha value is -2.96. The maximum atomic E-state index is 14.4. The summed E-state index contributed by atoms with van der Waals surface area (Å²) in [4.78, 5) is 20.7. The van der Waals surface area contributed by atoms with Crippen molar-refractivity contribution in [3.05, 3.63) is 48.2 Å². The number of imidazole rings is 1. The number of nitrogens with one attached hydrogen (secondary N) is 1. The van der Waals surface area contributed by atoms with E-state index in [1.165, 1.54) is 30.5 Å². The van der Waals surface area contributed by atoms with Gasteiger partial charge in [0.1, 0.15) is 11.4 Å². The second-order valence-electron chi connectivity index (χ2n) is 7.82. The maximum absolute atomic E-state index is 14.4. The van der Waals surface area contributed by atoms with Crippen molar-refractivity contribution in [3.8, 4) is 11.3 Å². The first-order valence-corrected chi connectivity index (χ1v) is 8.93. The normalized spacial score (nSPS) is 14.4. The molecule has 2 heterocycles. The van der Waals surface area contributed by atoms with Crippen LogP contribution in [-0.2, 0) is 4.74 Å². The molecule has 1 N–H and O–H groups in total. The van der Waals surface area contributed by atoms with Crippen LogP contribution in [0.25, 0.3) is 17.0 Å². The number of carbonyl (C=O) groups excluding carboxylic acids is 1. The lowest BCUT2D eigenvalue weighted by Gasteiger charge is -2.19. The van der Waals surface area contributed by atoms with Gasteiger partial charge in [0, 0.05) is 29.8 Å². The molecule has 0 aliphatic heterocycles. The summed E-state index contributed by atoms with van der Waals surface area (Å²) >= 11 is 0. The van der Waals surface area contributed by atoms with Crippen LogP contribution in [0.3, 0.4) is 0 Å². The highest BCUT2D eigenvalue weighted by molar-refractivity contribution is 5.86. The van der Waals surface area contributed by atoms with Crippen LogP contribution in [0.1, 0.15) is 45.1 Å². The quantitative estimate of drug-likeness (QED) is 0.724. The third-order valence-electron chi connectivity index (χ3n) is 4.27. The number of hydrogen-bond donors (Lipinski definition) is 1. The topological polar surface area (TPSA) is 68.5 Å². The van der Waals surface area contributed by atoms with Crippen molar-refractivity contribution in [2.45, 2.75) is 45.1 Å². The highest BCUT2D eigenvalue weighted by Gasteiger charge is 2.24. The Morgan fingerprint density at radius 1 is 1.30 bits per heavy atom. The zero-order valence-electron chi connectivity index (χ0n) is 15.5. The number of fused-ring (bicyclic) bond motifs is 1. The smallest absolute Gasteiger partial charge is 0.412 e. The lowest BCUT2D eigenvalue weighted by Crippen LogP contribution is -2.27. The second-order valence-corrected chi connectivity index (χ2v) is 7.82. The minimum absolute atomic E-state index is 0.294. The summed E-state index contributed by atoms with van der Waals surface area (Å²) in [5, 5.41) is 2.62. The number of benzene rings is 1. The molecule has 1 saturated carbocycles. The fourth-order valence-corrected chi connectivity index (χ4v) is 2.88. The van der Waals surface area contributed by atoms with Crippen LogP contribution in [0.5, 0.6) is 0 Å². The predicted octanol–water partition coefficient (Wildman–Crippen LogP) is 4.76. The molecule has 6 nitrogen and oxygen atoms in total. The average Bonchev–Trinajstić information content (AvgIpc) is 3.33. The van der Waals surface area contributed by atoms with Gasteiger partial charge in [0.05, 0.1) is 5.69 Å². The Balaban J connectivity index is 1.63. The standard InChI is InChI=1S/C20H21FN4O2/c1-20(2,3)27-19(26)23-14-6-7-16(21)15(8-14)17-11-25-10-13(12-4-5-12)9-22-18(25)24-17/h6-12H,4-5H2,1-3H3,(H,23,26). The van der Waals surface area contributed by atoms with Gasteiger partial charge in [-0.3, -0.25) is 9.72 Å². The van der Waals surface area contributed by atoms with E-state index >= 15 is 0 Å². The first-order valence-electron chi connectivity index (χ1n) is 8.93. The molecule has 0 radical (unpaired) electrons. The lowest BCUT2D eigenvalue weighted by molar-refractivity contribution is 0.0636. The third-order valence-corrected chi connectivity index (χ3v) is 4.27. The van der Waals surface area contributed by atoms with Crippen molar-refractivity contribution >= 4 is 17.6 Å². The van der Waals surface area contributed by atoms with E-state index in [0.29, 0.717) is 28.6 Å². The molecule has 0 bridgehead atoms. The van der Waals surface area contributed by atoms with Crippen LogP contribution in [0.2, 0.25) is 0 Å². The van der Waals surface area contributed by atoms with E-state index < -0.39 is 17.5 Å². The minimum atomic E-state index is -0.612. The predicted molar refractivity (Wildman–Crippen MR) is 100 cm³/mol. The molecule has 0 saturated heterocycles. The Morgan fingerprint density at radius 2 is 2.07 bits per heavy atom. The molecule has 7 heteroatoms. The Kier molecular flexibility index (Phi) is 4.09. The van der Waals surface area contributed by atoms with E-state index in [0.717, 1.165) is 0 Å². The van der Waals surface area contributed by atoms with Gasteiger partial charge >= 0.3 is 6.09 Å². The van der Waals surface area contributed by atoms with E-state index in [-0.39, 0.29) is 0 Å². The van der Waals surface area contributed by atoms with Crippen molar-refractivity contribution in [2.75, 3.05) is 5.32 Å². The number of amides is 1. The maximum Gasteiger partial charge on any atom is 0.412 e. The van der Waals surface area contributed by atoms with E-state index in [2.05, 4.69) is 15.3 Å². The van der Waals surface area contributed by atoms with Crippen molar-refractivity contribution in [3.63, 3.8) is 0 Å². The highest BCUT2D eigenvalue weighted by Crippen LogP contribution is 2.39. The summed E-state index contributed by atoms with van der Waals surface area (Å²) in [5.41, 5.74) is 1.75. The fourth-order valence-electron chi connectivity index (χ4n) is 2.88. The summed E-state index contributed by atoms with van der Waals surface area (Å²) in [6.45, 7) is 5.34. The van der Waals surface area contributed by atoms with Gasteiger partial charge < -0.3 is 4.74 Å². The van der Waals surface area contributed by atoms with Gasteiger partial charge in [0.15, 0.2) is 0 Å². The zero-order chi connectivity index (χ0) is 19.2. The molecule has 4 rings (SSSR count). The molecule has 1 aliphatic rings. The van der Waals surface area contributed by atoms with E-state index in [1.807, 2.05) is 16.8 Å². The summed E-state index contributed by atoms with van der Waals surface area (Å²) in [5.74, 6) is 0.667. The molecule has 1 aliphatic carbocycles. The number of carbonyl (C=O) groups is 1. The summed E-state index contributed by atoms with van der Waals surface area (Å²) in [6, 6.07) is 4.33. The van der Waals surface area contributed by atoms with Gasteiger partial charge in [-0.1, -0.05) is 0 Å². The van der Waals surface area contributed by atoms with Crippen LogP contribution in [0.15, 0.2) is 36.8 Å². The largest absolute Gasteiger partial charge is 0.444 e. The number of ether oxygens (including phenoxy) is 1. The number of halogens is 1. The summed E-state index contributed by atoms with van der Waals surface area (Å²) in [7, 11) is 0. The molecule has 0 atom stereocenters. The lowest BCUT2D eigenvalue weighted by atomic mass is 10.1. The van der Waals surface area contributed by atoms with Gasteiger partial charge in [-0.25, -0.2) is 19.2 Å². The summed E-state index contributed by atoms with van der Waals surface area (Å²) < 4.78 is 21.4. The molecule has 1 amide bonds. The van der Waals surface area contributed by atoms with Crippen LogP contribution in [-0.4, -0.2) is 26.1 Å². The van der Waals surface area contributed by atoms with Crippen LogP contribution in [0, 0.1) is 5.82 Å². The third kappa shape index (κ3) is 3.92. The molecule has 27 heavy (non-hydrogen) atoms. The van der Waals surface area contributed by atoms with E-state index in [1.54, 1.807) is 33.0 Å². The Morgan fingerprint density at radius 3 is 2.78 bits per heavy atom. The number of nitrogens with zero attached hydrogens (tertiary/aromatic N) is 3. The zero-order valence-corrected chi connectivity index (χ0v) is 15.5. The molecular formula is C20H21FN4O2. The van der Waals surface area contributed by atoms with Crippen molar-refractivity contribution < 1.29 is 13.9 Å². The molecule has 140 valence electrons. The van der Waals surface area contributed by atoms with E-state index in [4.69, 9.17) is 4.74 Å². The van der Waals surface area contributed by atoms with Crippen molar-refractivity contribution in [2.24, 2.45) is 0 Å². The minimum Gasteiger partial charge on any atom is -0.444 e. The van der Waals surface area contributed by atoms with Crippen LogP contribution < -0.4 is 5.32 Å². The first-order chi connectivity index (χ1) is 12.8. The monoisotopic (exact) mass is 368 g/mol. The van der Waals surface area contributed by atoms with Gasteiger partial charge in [0.25, 0.3) is 0 Å². The number of aromatic nitrogens is 3. The molecule has 2 aromatic heterocycles. The molecule has 1 fully saturated rings. The number of hydrogen-bond acceptors (Lipinski definition) is 4. The van der Waals surface area contributed by atoms with Gasteiger partial charge in [-0.15, -0.1) is 0 Å². The fraction of sp³-hybridized carbons (Fsp3) is 0.350. The SMILES string of the molecule is CC(C)(C)OC(=O)Nc1ccc(F)c(-c2cn3cc(C4CC4)cnc3n2)c1. The first kappa shape index (κ1) is 17.5. The highest BCUT2D eigenvalue weighted by atomic mass is 19.1.